The molecule has 2 aliphatic rings. The van der Waals surface area contributed by atoms with Gasteiger partial charge >= 0.3 is 0 Å². The van der Waals surface area contributed by atoms with E-state index in [-0.39, 0.29) is 0 Å². The molecule has 0 saturated heterocycles. The smallest absolute Gasteiger partial charge is 0.159 e. The molecule has 4 aromatic heterocycles. The number of hydrogen-bond donors (Lipinski definition) is 0. The van der Waals surface area contributed by atoms with Gasteiger partial charge in [-0.2, -0.15) is 0 Å². The van der Waals surface area contributed by atoms with Gasteiger partial charge in [-0.25, -0.2) is 0 Å². The van der Waals surface area contributed by atoms with Crippen molar-refractivity contribution in [1.82, 2.24) is 9.13 Å². The molecule has 14 aromatic carbocycles. The molecule has 6 nitrogen and oxygen atoms in total. The minimum absolute atomic E-state index is 0.899. The van der Waals surface area contributed by atoms with E-state index in [0.717, 1.165) is 83.4 Å². The van der Waals surface area contributed by atoms with E-state index in [0.29, 0.717) is 0 Å². The molecule has 0 aliphatic carbocycles. The van der Waals surface area contributed by atoms with E-state index >= 15 is 0 Å². The van der Waals surface area contributed by atoms with Gasteiger partial charge < -0.3 is 27.8 Å². The Morgan fingerprint density at radius 2 is 0.600 bits per heavy atom. The Morgan fingerprint density at radius 1 is 0.211 bits per heavy atom. The largest absolute Gasteiger partial charge is 0.455 e. The average molecular weight is 1150 g/mol. The number of anilines is 6. The lowest BCUT2D eigenvalue weighted by molar-refractivity contribution is 0.669. The molecule has 6 heteroatoms. The topological polar surface area (TPSA) is 42.6 Å². The lowest BCUT2D eigenvalue weighted by atomic mass is 9.97. The summed E-state index contributed by atoms with van der Waals surface area (Å²) in [7, 11) is 0. The molecule has 0 saturated carbocycles. The fraction of sp³-hybridized carbons (Fsp3) is 0. The maximum absolute atomic E-state index is 6.55. The Morgan fingerprint density at radius 3 is 1.21 bits per heavy atom. The van der Waals surface area contributed by atoms with Crippen molar-refractivity contribution < 1.29 is 8.83 Å². The molecule has 0 atom stereocenters. The molecule has 20 rings (SSSR count). The van der Waals surface area contributed by atoms with Crippen LogP contribution >= 0.6 is 0 Å². The fourth-order valence-electron chi connectivity index (χ4n) is 14.6. The highest BCUT2D eigenvalue weighted by Crippen LogP contribution is 2.53. The second-order valence-corrected chi connectivity index (χ2v) is 23.5. The van der Waals surface area contributed by atoms with E-state index in [2.05, 4.69) is 316 Å². The van der Waals surface area contributed by atoms with Gasteiger partial charge in [-0.15, -0.1) is 0 Å². The highest BCUT2D eigenvalue weighted by atomic mass is 16.3. The predicted octanol–water partition coefficient (Wildman–Crippen LogP) is 23.6. The fourth-order valence-corrected chi connectivity index (χ4v) is 14.6. The van der Waals surface area contributed by atoms with E-state index < -0.39 is 0 Å². The SMILES string of the molecule is c1ccc(-c2cccc(-c3ccc4c(c3)c3cccc5c3n4-c3ccccc3N5c3cccc4c3oc3ccccc34)c2)cc1.c1ccc(N2c3ccccc3-n3c4ccc(-c5cccc(-c6cccc7c6oc6ccccc67)c5)cc4c4cccc2c43)cc1. The number of fused-ring (bicyclic) bond motifs is 16. The van der Waals surface area contributed by atoms with Crippen molar-refractivity contribution in [3.8, 4) is 55.9 Å². The van der Waals surface area contributed by atoms with Crippen molar-refractivity contribution in [2.75, 3.05) is 9.80 Å². The Kier molecular flexibility index (Phi) is 11.0. The van der Waals surface area contributed by atoms with Crippen LogP contribution in [0, 0.1) is 0 Å². The Balaban J connectivity index is 0.000000130. The minimum atomic E-state index is 0.899. The van der Waals surface area contributed by atoms with Gasteiger partial charge in [-0.05, 0) is 142 Å². The standard InChI is InChI=1S/2C42H26N2O/c1-2-13-30(14-3-1)43-37-19-5-6-20-38(37)44-36-24-23-28(26-35(36)33-17-10-21-39(43)41(33)44)27-11-8-12-29(25-27)31-16-9-18-34-32-15-4-7-22-40(32)45-42(31)34;1-2-11-27(12-3-1)28-13-8-14-29(25-28)30-23-24-35-34(26-30)32-16-9-20-38-41(32)44(35)37-19-6-5-18-36(37)43(38)39-21-10-17-33-31-15-4-7-22-40(31)45-42(33)39/h2*1-26H. The van der Waals surface area contributed by atoms with Crippen LogP contribution < -0.4 is 9.80 Å². The van der Waals surface area contributed by atoms with Gasteiger partial charge in [0.05, 0.1) is 61.9 Å². The number of benzene rings is 14. The third-order valence-corrected chi connectivity index (χ3v) is 18.6. The third kappa shape index (κ3) is 7.52. The number of para-hydroxylation sites is 11. The maximum atomic E-state index is 6.55. The minimum Gasteiger partial charge on any atom is -0.455 e. The quantitative estimate of drug-likeness (QED) is 0.166. The second kappa shape index (κ2) is 19.7. The van der Waals surface area contributed by atoms with Crippen molar-refractivity contribution in [1.29, 1.82) is 0 Å². The molecule has 0 spiro atoms. The first kappa shape index (κ1) is 50.1. The Hall–Kier alpha value is -12.1. The van der Waals surface area contributed by atoms with Crippen LogP contribution in [0.15, 0.2) is 324 Å². The van der Waals surface area contributed by atoms with Crippen LogP contribution in [0.3, 0.4) is 0 Å². The molecule has 0 N–H and O–H groups in total. The van der Waals surface area contributed by atoms with Crippen LogP contribution in [-0.2, 0) is 0 Å². The number of aromatic nitrogens is 2. The van der Waals surface area contributed by atoms with E-state index in [4.69, 9.17) is 8.83 Å². The molecule has 0 amide bonds. The predicted molar refractivity (Wildman–Crippen MR) is 374 cm³/mol. The van der Waals surface area contributed by atoms with Crippen LogP contribution in [0.4, 0.5) is 34.1 Å². The van der Waals surface area contributed by atoms with Gasteiger partial charge in [0.15, 0.2) is 5.58 Å². The van der Waals surface area contributed by atoms with Gasteiger partial charge in [0, 0.05) is 54.3 Å². The highest BCUT2D eigenvalue weighted by Gasteiger charge is 2.32. The zero-order valence-electron chi connectivity index (χ0n) is 48.6. The van der Waals surface area contributed by atoms with E-state index in [1.165, 1.54) is 94.1 Å². The van der Waals surface area contributed by atoms with Crippen LogP contribution in [0.2, 0.25) is 0 Å². The summed E-state index contributed by atoms with van der Waals surface area (Å²) < 4.78 is 17.8. The number of hydrogen-bond acceptors (Lipinski definition) is 4. The zero-order valence-corrected chi connectivity index (χ0v) is 48.6. The van der Waals surface area contributed by atoms with Crippen LogP contribution in [-0.4, -0.2) is 9.13 Å². The summed E-state index contributed by atoms with van der Waals surface area (Å²) in [6, 6.07) is 113. The molecule has 90 heavy (non-hydrogen) atoms. The summed E-state index contributed by atoms with van der Waals surface area (Å²) in [6.07, 6.45) is 0. The molecule has 0 unspecified atom stereocenters. The Labute approximate surface area is 517 Å². The first-order valence-electron chi connectivity index (χ1n) is 30.7. The van der Waals surface area contributed by atoms with Crippen LogP contribution in [0.5, 0.6) is 0 Å². The van der Waals surface area contributed by atoms with Gasteiger partial charge in [0.2, 0.25) is 0 Å². The monoisotopic (exact) mass is 1150 g/mol. The van der Waals surface area contributed by atoms with E-state index in [9.17, 15) is 0 Å². The lowest BCUT2D eigenvalue weighted by Crippen LogP contribution is -2.18. The zero-order chi connectivity index (χ0) is 59.0. The van der Waals surface area contributed by atoms with Gasteiger partial charge in [0.1, 0.15) is 16.7 Å². The molecule has 420 valence electrons. The van der Waals surface area contributed by atoms with Crippen molar-refractivity contribution in [3.05, 3.63) is 315 Å². The van der Waals surface area contributed by atoms with Crippen molar-refractivity contribution >= 4 is 122 Å². The maximum Gasteiger partial charge on any atom is 0.159 e. The number of nitrogens with zero attached hydrogens (tertiary/aromatic N) is 4. The molecular weight excluding hydrogens is 1100 g/mol. The van der Waals surface area contributed by atoms with Crippen molar-refractivity contribution in [2.45, 2.75) is 0 Å². The van der Waals surface area contributed by atoms with Crippen LogP contribution in [0.1, 0.15) is 0 Å². The summed E-state index contributed by atoms with van der Waals surface area (Å²) in [5, 5.41) is 9.54. The molecule has 18 aromatic rings. The van der Waals surface area contributed by atoms with E-state index in [1.54, 1.807) is 0 Å². The van der Waals surface area contributed by atoms with E-state index in [1.807, 2.05) is 18.2 Å². The normalized spacial score (nSPS) is 12.4. The summed E-state index contributed by atoms with van der Waals surface area (Å²) in [6.45, 7) is 0. The molecule has 2 aliphatic heterocycles. The number of furan rings is 2. The molecular formula is C84H52N4O2. The first-order valence-corrected chi connectivity index (χ1v) is 30.7. The highest BCUT2D eigenvalue weighted by molar-refractivity contribution is 6.20. The lowest BCUT2D eigenvalue weighted by Gasteiger charge is -2.33. The summed E-state index contributed by atoms with van der Waals surface area (Å²) in [4.78, 5) is 4.77. The first-order chi connectivity index (χ1) is 44.7. The molecule has 0 radical (unpaired) electrons. The third-order valence-electron chi connectivity index (χ3n) is 18.6. The van der Waals surface area contributed by atoms with Gasteiger partial charge in [-0.1, -0.05) is 212 Å². The van der Waals surface area contributed by atoms with Crippen molar-refractivity contribution in [2.24, 2.45) is 0 Å². The van der Waals surface area contributed by atoms with Gasteiger partial charge in [-0.3, -0.25) is 0 Å². The summed E-state index contributed by atoms with van der Waals surface area (Å²) in [5.41, 5.74) is 27.2. The summed E-state index contributed by atoms with van der Waals surface area (Å²) >= 11 is 0. The number of rotatable bonds is 6. The molecule has 0 fully saturated rings. The Bertz CT molecular complexity index is 5950. The van der Waals surface area contributed by atoms with Crippen molar-refractivity contribution in [3.63, 3.8) is 0 Å². The second-order valence-electron chi connectivity index (χ2n) is 23.5. The van der Waals surface area contributed by atoms with Crippen LogP contribution in [0.25, 0.3) is 143 Å². The average Bonchev–Trinajstić information content (AvgIpc) is 1.58. The summed E-state index contributed by atoms with van der Waals surface area (Å²) in [5.74, 6) is 0. The molecule has 0 bridgehead atoms. The molecule has 6 heterocycles. The van der Waals surface area contributed by atoms with Gasteiger partial charge in [0.25, 0.3) is 0 Å².